The van der Waals surface area contributed by atoms with E-state index in [9.17, 15) is 4.79 Å². The van der Waals surface area contributed by atoms with Gasteiger partial charge in [-0.15, -0.1) is 5.10 Å². The first-order chi connectivity index (χ1) is 7.25. The number of aromatic nitrogens is 3. The van der Waals surface area contributed by atoms with Crippen LogP contribution >= 0.6 is 0 Å². The fourth-order valence-electron chi connectivity index (χ4n) is 0.971. The molecule has 0 fully saturated rings. The SMILES string of the molecule is O=C(O)Nc1nnc(-c2cccnc2)o1. The molecule has 15 heavy (non-hydrogen) atoms. The summed E-state index contributed by atoms with van der Waals surface area (Å²) in [6, 6.07) is 3.27. The van der Waals surface area contributed by atoms with E-state index in [-0.39, 0.29) is 11.9 Å². The van der Waals surface area contributed by atoms with Crippen molar-refractivity contribution in [3.8, 4) is 11.5 Å². The summed E-state index contributed by atoms with van der Waals surface area (Å²) in [5.41, 5.74) is 0.628. The molecule has 7 heteroatoms. The fraction of sp³-hybridized carbons (Fsp3) is 0. The van der Waals surface area contributed by atoms with Crippen LogP contribution in [-0.2, 0) is 0 Å². The van der Waals surface area contributed by atoms with Crippen molar-refractivity contribution in [3.05, 3.63) is 24.5 Å². The first kappa shape index (κ1) is 9.13. The van der Waals surface area contributed by atoms with Crippen molar-refractivity contribution < 1.29 is 14.3 Å². The number of nitrogens with one attached hydrogen (secondary N) is 1. The van der Waals surface area contributed by atoms with Crippen molar-refractivity contribution in [1.82, 2.24) is 15.2 Å². The van der Waals surface area contributed by atoms with Gasteiger partial charge in [0.25, 0.3) is 5.89 Å². The van der Waals surface area contributed by atoms with E-state index < -0.39 is 6.09 Å². The zero-order valence-electron chi connectivity index (χ0n) is 7.41. The smallest absolute Gasteiger partial charge is 0.412 e. The molecule has 0 saturated heterocycles. The summed E-state index contributed by atoms with van der Waals surface area (Å²) in [6.07, 6.45) is 1.89. The second kappa shape index (κ2) is 3.74. The minimum atomic E-state index is -1.25. The Hall–Kier alpha value is -2.44. The largest absolute Gasteiger partial charge is 0.465 e. The topological polar surface area (TPSA) is 101 Å². The highest BCUT2D eigenvalue weighted by molar-refractivity contribution is 5.79. The molecule has 0 aromatic carbocycles. The third-order valence-corrected chi connectivity index (χ3v) is 1.55. The Labute approximate surface area is 83.8 Å². The van der Waals surface area contributed by atoms with Crippen LogP contribution in [0.1, 0.15) is 0 Å². The van der Waals surface area contributed by atoms with Crippen LogP contribution in [-0.4, -0.2) is 26.4 Å². The summed E-state index contributed by atoms with van der Waals surface area (Å²) in [5.74, 6) is 0.215. The van der Waals surface area contributed by atoms with Crippen molar-refractivity contribution in [2.24, 2.45) is 0 Å². The van der Waals surface area contributed by atoms with E-state index in [1.165, 1.54) is 6.20 Å². The lowest BCUT2D eigenvalue weighted by Gasteiger charge is -1.92. The average molecular weight is 206 g/mol. The molecule has 0 atom stereocenters. The molecule has 0 spiro atoms. The van der Waals surface area contributed by atoms with Crippen molar-refractivity contribution in [2.45, 2.75) is 0 Å². The molecule has 0 radical (unpaired) electrons. The highest BCUT2D eigenvalue weighted by Crippen LogP contribution is 2.17. The molecule has 0 aliphatic rings. The van der Waals surface area contributed by atoms with Gasteiger partial charge in [0.1, 0.15) is 0 Å². The summed E-state index contributed by atoms with van der Waals surface area (Å²) in [5, 5.41) is 17.5. The molecule has 2 aromatic heterocycles. The summed E-state index contributed by atoms with van der Waals surface area (Å²) in [7, 11) is 0. The Morgan fingerprint density at radius 2 is 2.33 bits per heavy atom. The van der Waals surface area contributed by atoms with Gasteiger partial charge in [-0.1, -0.05) is 5.10 Å². The molecule has 0 saturated carbocycles. The van der Waals surface area contributed by atoms with Gasteiger partial charge in [0.05, 0.1) is 5.56 Å². The third kappa shape index (κ3) is 2.08. The van der Waals surface area contributed by atoms with Gasteiger partial charge >= 0.3 is 12.1 Å². The summed E-state index contributed by atoms with van der Waals surface area (Å²) in [4.78, 5) is 14.1. The molecule has 2 aromatic rings. The molecule has 0 aliphatic heterocycles. The number of anilines is 1. The lowest BCUT2D eigenvalue weighted by Crippen LogP contribution is -2.07. The van der Waals surface area contributed by atoms with E-state index in [0.717, 1.165) is 0 Å². The summed E-state index contributed by atoms with van der Waals surface area (Å²) < 4.78 is 5.03. The van der Waals surface area contributed by atoms with Crippen LogP contribution in [0.2, 0.25) is 0 Å². The molecule has 2 rings (SSSR count). The van der Waals surface area contributed by atoms with E-state index >= 15 is 0 Å². The van der Waals surface area contributed by atoms with Crippen molar-refractivity contribution >= 4 is 12.1 Å². The maximum atomic E-state index is 10.3. The zero-order valence-corrected chi connectivity index (χ0v) is 7.41. The highest BCUT2D eigenvalue weighted by Gasteiger charge is 2.09. The molecule has 0 unspecified atom stereocenters. The first-order valence-corrected chi connectivity index (χ1v) is 3.99. The Morgan fingerprint density at radius 1 is 1.47 bits per heavy atom. The lowest BCUT2D eigenvalue weighted by atomic mass is 10.3. The van der Waals surface area contributed by atoms with Gasteiger partial charge in [0.2, 0.25) is 0 Å². The Kier molecular flexibility index (Phi) is 2.28. The van der Waals surface area contributed by atoms with Crippen molar-refractivity contribution in [1.29, 1.82) is 0 Å². The minimum absolute atomic E-state index is 0.165. The molecule has 0 aliphatic carbocycles. The monoisotopic (exact) mass is 206 g/mol. The van der Waals surface area contributed by atoms with Crippen LogP contribution in [0.25, 0.3) is 11.5 Å². The van der Waals surface area contributed by atoms with E-state index in [0.29, 0.717) is 5.56 Å². The van der Waals surface area contributed by atoms with Crippen molar-refractivity contribution in [3.63, 3.8) is 0 Å². The molecule has 2 N–H and O–H groups in total. The van der Waals surface area contributed by atoms with E-state index in [2.05, 4.69) is 15.2 Å². The standard InChI is InChI=1S/C8H6N4O3/c13-8(14)10-7-12-11-6(15-7)5-2-1-3-9-4-5/h1-4H,(H,10,12)(H,13,14). The van der Waals surface area contributed by atoms with Crippen LogP contribution in [0.5, 0.6) is 0 Å². The first-order valence-electron chi connectivity index (χ1n) is 3.99. The van der Waals surface area contributed by atoms with E-state index in [1.807, 2.05) is 5.32 Å². The predicted molar refractivity (Wildman–Crippen MR) is 49.2 cm³/mol. The van der Waals surface area contributed by atoms with Crippen LogP contribution in [0, 0.1) is 0 Å². The lowest BCUT2D eigenvalue weighted by molar-refractivity contribution is 0.209. The highest BCUT2D eigenvalue weighted by atomic mass is 16.4. The quantitative estimate of drug-likeness (QED) is 0.765. The zero-order chi connectivity index (χ0) is 10.7. The number of amides is 1. The number of pyridine rings is 1. The second-order valence-corrected chi connectivity index (χ2v) is 2.58. The van der Waals surface area contributed by atoms with Crippen LogP contribution in [0.15, 0.2) is 28.9 Å². The number of rotatable bonds is 2. The van der Waals surface area contributed by atoms with Gasteiger partial charge in [-0.3, -0.25) is 4.98 Å². The molecular weight excluding hydrogens is 200 g/mol. The molecule has 7 nitrogen and oxygen atoms in total. The number of hydrogen-bond acceptors (Lipinski definition) is 5. The van der Waals surface area contributed by atoms with Crippen LogP contribution in [0.3, 0.4) is 0 Å². The third-order valence-electron chi connectivity index (χ3n) is 1.55. The predicted octanol–water partition coefficient (Wildman–Crippen LogP) is 1.22. The van der Waals surface area contributed by atoms with Crippen LogP contribution < -0.4 is 5.32 Å². The summed E-state index contributed by atoms with van der Waals surface area (Å²) >= 11 is 0. The number of carboxylic acid groups (broad SMARTS) is 1. The Morgan fingerprint density at radius 3 is 3.00 bits per heavy atom. The second-order valence-electron chi connectivity index (χ2n) is 2.58. The van der Waals surface area contributed by atoms with Gasteiger partial charge < -0.3 is 9.52 Å². The number of carbonyl (C=O) groups is 1. The normalized spacial score (nSPS) is 9.87. The van der Waals surface area contributed by atoms with E-state index in [1.54, 1.807) is 18.3 Å². The van der Waals surface area contributed by atoms with Gasteiger partial charge in [-0.25, -0.2) is 10.1 Å². The van der Waals surface area contributed by atoms with E-state index in [4.69, 9.17) is 9.52 Å². The maximum absolute atomic E-state index is 10.3. The number of nitrogens with zero attached hydrogens (tertiary/aromatic N) is 3. The van der Waals surface area contributed by atoms with Gasteiger partial charge in [0.15, 0.2) is 0 Å². The molecule has 1 amide bonds. The molecule has 2 heterocycles. The van der Waals surface area contributed by atoms with Crippen molar-refractivity contribution in [2.75, 3.05) is 5.32 Å². The fourth-order valence-corrected chi connectivity index (χ4v) is 0.971. The molecule has 76 valence electrons. The molecule has 0 bridgehead atoms. The maximum Gasteiger partial charge on any atom is 0.412 e. The number of hydrogen-bond donors (Lipinski definition) is 2. The molecular formula is C8H6N4O3. The Balaban J connectivity index is 2.24. The minimum Gasteiger partial charge on any atom is -0.465 e. The van der Waals surface area contributed by atoms with Gasteiger partial charge in [-0.2, -0.15) is 0 Å². The Bertz CT molecular complexity index is 468. The average Bonchev–Trinajstić information content (AvgIpc) is 2.67. The van der Waals surface area contributed by atoms with Gasteiger partial charge in [0, 0.05) is 12.4 Å². The van der Waals surface area contributed by atoms with Crippen LogP contribution in [0.4, 0.5) is 10.8 Å². The van der Waals surface area contributed by atoms with Gasteiger partial charge in [-0.05, 0) is 12.1 Å². The summed E-state index contributed by atoms with van der Waals surface area (Å²) in [6.45, 7) is 0.